The van der Waals surface area contributed by atoms with E-state index in [0.29, 0.717) is 0 Å². The second-order valence-electron chi connectivity index (χ2n) is 4.37. The van der Waals surface area contributed by atoms with Gasteiger partial charge in [-0.2, -0.15) is 0 Å². The molecule has 0 unspecified atom stereocenters. The number of hydrogen-bond donors (Lipinski definition) is 1. The fourth-order valence-electron chi connectivity index (χ4n) is 2.15. The number of nitrogens with one attached hydrogen (secondary N) is 1. The minimum atomic E-state index is 0.740. The van der Waals surface area contributed by atoms with E-state index in [1.54, 1.807) is 6.20 Å². The Kier molecular flexibility index (Phi) is 4.62. The topological polar surface area (TPSA) is 34.1 Å². The van der Waals surface area contributed by atoms with Crippen molar-refractivity contribution in [2.24, 2.45) is 5.92 Å². The second kappa shape index (κ2) is 6.48. The van der Waals surface area contributed by atoms with Gasteiger partial charge in [-0.15, -0.1) is 0 Å². The summed E-state index contributed by atoms with van der Waals surface area (Å²) in [7, 11) is 0. The van der Waals surface area contributed by atoms with Gasteiger partial charge in [0.2, 0.25) is 5.88 Å². The third kappa shape index (κ3) is 3.81. The summed E-state index contributed by atoms with van der Waals surface area (Å²) in [5.41, 5.74) is 0. The molecule has 1 aliphatic rings. The first-order valence-corrected chi connectivity index (χ1v) is 6.20. The van der Waals surface area contributed by atoms with Crippen LogP contribution in [-0.2, 0) is 0 Å². The molecular formula is C13H20N2O. The number of pyridine rings is 1. The quantitative estimate of drug-likeness (QED) is 0.773. The Bertz CT molecular complexity index is 283. The lowest BCUT2D eigenvalue weighted by atomic mass is 9.95. The van der Waals surface area contributed by atoms with E-state index < -0.39 is 0 Å². The molecule has 1 N–H and O–H groups in total. The van der Waals surface area contributed by atoms with Crippen LogP contribution in [0.25, 0.3) is 0 Å². The molecule has 1 saturated heterocycles. The summed E-state index contributed by atoms with van der Waals surface area (Å²) in [4.78, 5) is 4.13. The fourth-order valence-corrected chi connectivity index (χ4v) is 2.15. The molecule has 0 saturated carbocycles. The van der Waals surface area contributed by atoms with Gasteiger partial charge in [-0.1, -0.05) is 6.07 Å². The molecule has 88 valence electrons. The van der Waals surface area contributed by atoms with Crippen molar-refractivity contribution in [3.8, 4) is 5.88 Å². The van der Waals surface area contributed by atoms with Crippen LogP contribution in [0.1, 0.15) is 25.7 Å². The van der Waals surface area contributed by atoms with Crippen molar-refractivity contribution in [1.82, 2.24) is 10.3 Å². The van der Waals surface area contributed by atoms with Gasteiger partial charge in [-0.25, -0.2) is 4.98 Å². The van der Waals surface area contributed by atoms with Gasteiger partial charge in [-0.3, -0.25) is 0 Å². The van der Waals surface area contributed by atoms with E-state index in [4.69, 9.17) is 4.74 Å². The standard InChI is InChI=1S/C13H20N2O/c1-2-9-15-13(7-1)16-10-4-6-12-5-3-8-14-11-12/h1-2,7,9,12,14H,3-6,8,10-11H2/t12-/m0/s1. The minimum absolute atomic E-state index is 0.740. The lowest BCUT2D eigenvalue weighted by Crippen LogP contribution is -2.29. The average Bonchev–Trinajstić information content (AvgIpc) is 2.37. The molecule has 3 nitrogen and oxygen atoms in total. The van der Waals surface area contributed by atoms with E-state index in [1.807, 2.05) is 18.2 Å². The summed E-state index contributed by atoms with van der Waals surface area (Å²) in [5, 5.41) is 3.44. The Hall–Kier alpha value is -1.09. The number of hydrogen-bond acceptors (Lipinski definition) is 3. The highest BCUT2D eigenvalue weighted by Crippen LogP contribution is 2.16. The normalized spacial score (nSPS) is 20.6. The van der Waals surface area contributed by atoms with Crippen molar-refractivity contribution >= 4 is 0 Å². The minimum Gasteiger partial charge on any atom is -0.478 e. The van der Waals surface area contributed by atoms with Gasteiger partial charge in [0.15, 0.2) is 0 Å². The van der Waals surface area contributed by atoms with Crippen LogP contribution in [0.15, 0.2) is 24.4 Å². The Morgan fingerprint density at radius 3 is 3.19 bits per heavy atom. The smallest absolute Gasteiger partial charge is 0.213 e. The molecule has 0 aromatic carbocycles. The Labute approximate surface area is 97.2 Å². The van der Waals surface area contributed by atoms with Crippen molar-refractivity contribution < 1.29 is 4.74 Å². The molecule has 3 heteroatoms. The zero-order valence-corrected chi connectivity index (χ0v) is 9.69. The molecule has 0 spiro atoms. The van der Waals surface area contributed by atoms with E-state index in [-0.39, 0.29) is 0 Å². The number of nitrogens with zero attached hydrogens (tertiary/aromatic N) is 1. The Balaban J connectivity index is 1.58. The van der Waals surface area contributed by atoms with Crippen LogP contribution in [0.2, 0.25) is 0 Å². The monoisotopic (exact) mass is 220 g/mol. The highest BCUT2D eigenvalue weighted by Gasteiger charge is 2.11. The summed E-state index contributed by atoms with van der Waals surface area (Å²) in [6, 6.07) is 5.76. The predicted molar refractivity (Wildman–Crippen MR) is 64.6 cm³/mol. The molecule has 1 aliphatic heterocycles. The first-order valence-electron chi connectivity index (χ1n) is 6.20. The molecule has 1 fully saturated rings. The molecule has 0 bridgehead atoms. The van der Waals surface area contributed by atoms with Gasteiger partial charge < -0.3 is 10.1 Å². The highest BCUT2D eigenvalue weighted by atomic mass is 16.5. The second-order valence-corrected chi connectivity index (χ2v) is 4.37. The van der Waals surface area contributed by atoms with Crippen LogP contribution < -0.4 is 10.1 Å². The van der Waals surface area contributed by atoms with Crippen molar-refractivity contribution in [1.29, 1.82) is 0 Å². The molecule has 0 amide bonds. The van der Waals surface area contributed by atoms with Gasteiger partial charge in [0.25, 0.3) is 0 Å². The average molecular weight is 220 g/mol. The van der Waals surface area contributed by atoms with Gasteiger partial charge in [-0.05, 0) is 50.8 Å². The first kappa shape index (κ1) is 11.4. The third-order valence-electron chi connectivity index (χ3n) is 3.04. The van der Waals surface area contributed by atoms with Gasteiger partial charge in [0, 0.05) is 12.3 Å². The molecule has 0 radical (unpaired) electrons. The van der Waals surface area contributed by atoms with Crippen LogP contribution in [0.3, 0.4) is 0 Å². The highest BCUT2D eigenvalue weighted by molar-refractivity contribution is 5.08. The van der Waals surface area contributed by atoms with Crippen LogP contribution in [0.5, 0.6) is 5.88 Å². The molecule has 1 aromatic rings. The van der Waals surface area contributed by atoms with E-state index in [2.05, 4.69) is 10.3 Å². The van der Waals surface area contributed by atoms with Crippen molar-refractivity contribution in [3.05, 3.63) is 24.4 Å². The summed E-state index contributed by atoms with van der Waals surface area (Å²) >= 11 is 0. The number of piperidine rings is 1. The van der Waals surface area contributed by atoms with Crippen molar-refractivity contribution in [2.45, 2.75) is 25.7 Å². The maximum Gasteiger partial charge on any atom is 0.213 e. The predicted octanol–water partition coefficient (Wildman–Crippen LogP) is 2.24. The van der Waals surface area contributed by atoms with Crippen LogP contribution in [0.4, 0.5) is 0 Å². The van der Waals surface area contributed by atoms with Crippen LogP contribution >= 0.6 is 0 Å². The summed E-state index contributed by atoms with van der Waals surface area (Å²) < 4.78 is 5.57. The molecular weight excluding hydrogens is 200 g/mol. The number of ether oxygens (including phenoxy) is 1. The van der Waals surface area contributed by atoms with Gasteiger partial charge in [0.1, 0.15) is 0 Å². The molecule has 2 rings (SSSR count). The largest absolute Gasteiger partial charge is 0.478 e. The van der Waals surface area contributed by atoms with E-state index in [0.717, 1.165) is 24.8 Å². The van der Waals surface area contributed by atoms with Crippen molar-refractivity contribution in [2.75, 3.05) is 19.7 Å². The van der Waals surface area contributed by atoms with Gasteiger partial charge >= 0.3 is 0 Å². The molecule has 16 heavy (non-hydrogen) atoms. The summed E-state index contributed by atoms with van der Waals surface area (Å²) in [6.45, 7) is 3.16. The zero-order valence-electron chi connectivity index (χ0n) is 9.69. The van der Waals surface area contributed by atoms with E-state index >= 15 is 0 Å². The van der Waals surface area contributed by atoms with E-state index in [1.165, 1.54) is 32.4 Å². The lowest BCUT2D eigenvalue weighted by Gasteiger charge is -2.22. The molecule has 1 aromatic heterocycles. The molecule has 2 heterocycles. The maximum absolute atomic E-state index is 5.57. The fraction of sp³-hybridized carbons (Fsp3) is 0.615. The number of rotatable bonds is 5. The number of aromatic nitrogens is 1. The Morgan fingerprint density at radius 2 is 2.44 bits per heavy atom. The van der Waals surface area contributed by atoms with Crippen LogP contribution in [0, 0.1) is 5.92 Å². The van der Waals surface area contributed by atoms with E-state index in [9.17, 15) is 0 Å². The lowest BCUT2D eigenvalue weighted by molar-refractivity contribution is 0.268. The summed E-state index contributed by atoms with van der Waals surface area (Å²) in [6.07, 6.45) is 6.85. The molecule has 1 atom stereocenters. The summed E-state index contributed by atoms with van der Waals surface area (Å²) in [5.74, 6) is 1.59. The zero-order chi connectivity index (χ0) is 11.1. The molecule has 0 aliphatic carbocycles. The third-order valence-corrected chi connectivity index (χ3v) is 3.04. The van der Waals surface area contributed by atoms with Crippen LogP contribution in [-0.4, -0.2) is 24.7 Å². The van der Waals surface area contributed by atoms with Gasteiger partial charge in [0.05, 0.1) is 6.61 Å². The Morgan fingerprint density at radius 1 is 1.44 bits per heavy atom. The SMILES string of the molecule is c1ccc(OCCC[C@@H]2CCCNC2)nc1. The maximum atomic E-state index is 5.57. The first-order chi connectivity index (χ1) is 7.95. The van der Waals surface area contributed by atoms with Crippen molar-refractivity contribution in [3.63, 3.8) is 0 Å².